The van der Waals surface area contributed by atoms with Gasteiger partial charge in [0.15, 0.2) is 0 Å². The molecule has 3 atom stereocenters. The summed E-state index contributed by atoms with van der Waals surface area (Å²) in [6, 6.07) is 9.34. The zero-order valence-corrected chi connectivity index (χ0v) is 18.0. The van der Waals surface area contributed by atoms with E-state index < -0.39 is 0 Å². The Morgan fingerprint density at radius 3 is 2.43 bits per heavy atom. The number of hydrogen-bond donors (Lipinski definition) is 3. The van der Waals surface area contributed by atoms with Crippen molar-refractivity contribution in [2.45, 2.75) is 64.5 Å². The number of anilines is 1. The maximum atomic E-state index is 12.9. The molecule has 7 heteroatoms. The highest BCUT2D eigenvalue weighted by Crippen LogP contribution is 2.26. The minimum atomic E-state index is -0.204. The van der Waals surface area contributed by atoms with Gasteiger partial charge in [-0.05, 0) is 58.1 Å². The van der Waals surface area contributed by atoms with Gasteiger partial charge in [0.25, 0.3) is 0 Å². The minimum absolute atomic E-state index is 0.00197. The molecule has 1 heterocycles. The van der Waals surface area contributed by atoms with Crippen LogP contribution in [0.5, 0.6) is 0 Å². The predicted molar refractivity (Wildman–Crippen MR) is 117 cm³/mol. The third kappa shape index (κ3) is 6.21. The van der Waals surface area contributed by atoms with Crippen molar-refractivity contribution in [1.29, 1.82) is 0 Å². The maximum absolute atomic E-state index is 12.9. The van der Waals surface area contributed by atoms with E-state index >= 15 is 0 Å². The fourth-order valence-corrected chi connectivity index (χ4v) is 4.38. The fraction of sp³-hybridized carbons (Fsp3) is 0.609. The van der Waals surface area contributed by atoms with Gasteiger partial charge in [-0.3, -0.25) is 9.59 Å². The van der Waals surface area contributed by atoms with Crippen LogP contribution in [0.3, 0.4) is 0 Å². The summed E-state index contributed by atoms with van der Waals surface area (Å²) in [4.78, 5) is 39.5. The largest absolute Gasteiger partial charge is 0.354 e. The van der Waals surface area contributed by atoms with Gasteiger partial charge < -0.3 is 20.9 Å². The minimum Gasteiger partial charge on any atom is -0.354 e. The summed E-state index contributed by atoms with van der Waals surface area (Å²) in [5.41, 5.74) is 0.752. The molecule has 1 aromatic carbocycles. The molecule has 3 rings (SSSR count). The molecule has 164 valence electrons. The Hall–Kier alpha value is -2.57. The summed E-state index contributed by atoms with van der Waals surface area (Å²) >= 11 is 0. The smallest absolute Gasteiger partial charge is 0.321 e. The molecular weight excluding hydrogens is 380 g/mol. The number of nitrogens with zero attached hydrogens (tertiary/aromatic N) is 1. The molecular formula is C23H34N4O3. The summed E-state index contributed by atoms with van der Waals surface area (Å²) in [7, 11) is 0. The van der Waals surface area contributed by atoms with E-state index in [1.54, 1.807) is 4.90 Å². The van der Waals surface area contributed by atoms with Crippen LogP contribution in [0.25, 0.3) is 0 Å². The van der Waals surface area contributed by atoms with Crippen LogP contribution < -0.4 is 16.0 Å². The normalized spacial score (nSPS) is 24.2. The molecule has 1 aromatic rings. The molecule has 0 radical (unpaired) electrons. The Kier molecular flexibility index (Phi) is 7.71. The molecule has 7 nitrogen and oxygen atoms in total. The number of amides is 4. The third-order valence-corrected chi connectivity index (χ3v) is 5.93. The highest BCUT2D eigenvalue weighted by Gasteiger charge is 2.32. The van der Waals surface area contributed by atoms with Gasteiger partial charge in [0, 0.05) is 36.8 Å². The first kappa shape index (κ1) is 22.1. The Bertz CT molecular complexity index is 737. The lowest BCUT2D eigenvalue weighted by Gasteiger charge is -2.34. The van der Waals surface area contributed by atoms with Gasteiger partial charge in [0.2, 0.25) is 11.8 Å². The molecule has 0 aromatic heterocycles. The van der Waals surface area contributed by atoms with Gasteiger partial charge in [0.1, 0.15) is 0 Å². The van der Waals surface area contributed by atoms with E-state index in [0.717, 1.165) is 37.8 Å². The monoisotopic (exact) mass is 414 g/mol. The number of hydrogen-bond acceptors (Lipinski definition) is 3. The van der Waals surface area contributed by atoms with Crippen LogP contribution in [0, 0.1) is 11.8 Å². The second-order valence-corrected chi connectivity index (χ2v) is 8.81. The maximum Gasteiger partial charge on any atom is 0.321 e. The molecule has 4 amide bonds. The molecule has 0 bridgehead atoms. The zero-order chi connectivity index (χ0) is 21.5. The van der Waals surface area contributed by atoms with Gasteiger partial charge in [-0.25, -0.2) is 4.79 Å². The Labute approximate surface area is 179 Å². The van der Waals surface area contributed by atoms with Crippen molar-refractivity contribution in [2.75, 3.05) is 18.4 Å². The van der Waals surface area contributed by atoms with Gasteiger partial charge >= 0.3 is 6.03 Å². The van der Waals surface area contributed by atoms with E-state index in [-0.39, 0.29) is 41.8 Å². The second kappa shape index (κ2) is 10.5. The molecule has 1 saturated carbocycles. The standard InChI is InChI=1S/C23H34N4O3/c1-16(2)24-21(28)17-8-6-12-20(14-17)25-22(29)18-9-7-13-27(15-18)23(30)26-19-10-4-3-5-11-19/h3-5,10-11,16-18,20H,6-9,12-15H2,1-2H3,(H,24,28)(H,25,29)(H,26,30). The topological polar surface area (TPSA) is 90.5 Å². The quantitative estimate of drug-likeness (QED) is 0.691. The lowest BCUT2D eigenvalue weighted by molar-refractivity contribution is -0.130. The van der Waals surface area contributed by atoms with Gasteiger partial charge in [0.05, 0.1) is 5.92 Å². The number of piperidine rings is 1. The number of nitrogens with one attached hydrogen (secondary N) is 3. The van der Waals surface area contributed by atoms with Crippen LogP contribution in [0.15, 0.2) is 30.3 Å². The first-order valence-corrected chi connectivity index (χ1v) is 11.1. The zero-order valence-electron chi connectivity index (χ0n) is 18.0. The van der Waals surface area contributed by atoms with Gasteiger partial charge in [-0.2, -0.15) is 0 Å². The van der Waals surface area contributed by atoms with Crippen molar-refractivity contribution in [3.8, 4) is 0 Å². The van der Waals surface area contributed by atoms with Gasteiger partial charge in [-0.15, -0.1) is 0 Å². The number of urea groups is 1. The van der Waals surface area contributed by atoms with E-state index in [4.69, 9.17) is 0 Å². The molecule has 1 aliphatic heterocycles. The van der Waals surface area contributed by atoms with Crippen LogP contribution in [0.4, 0.5) is 10.5 Å². The van der Waals surface area contributed by atoms with Crippen molar-refractivity contribution in [3.63, 3.8) is 0 Å². The van der Waals surface area contributed by atoms with Crippen molar-refractivity contribution in [2.24, 2.45) is 11.8 Å². The average Bonchev–Trinajstić information content (AvgIpc) is 2.74. The van der Waals surface area contributed by atoms with Gasteiger partial charge in [-0.1, -0.05) is 24.6 Å². The molecule has 1 aliphatic carbocycles. The second-order valence-electron chi connectivity index (χ2n) is 8.81. The SMILES string of the molecule is CC(C)NC(=O)C1CCCC(NC(=O)C2CCCN(C(=O)Nc3ccccc3)C2)C1. The van der Waals surface area contributed by atoms with Crippen LogP contribution >= 0.6 is 0 Å². The lowest BCUT2D eigenvalue weighted by atomic mass is 9.84. The average molecular weight is 415 g/mol. The van der Waals surface area contributed by atoms with Crippen molar-refractivity contribution < 1.29 is 14.4 Å². The fourth-order valence-electron chi connectivity index (χ4n) is 4.38. The highest BCUT2D eigenvalue weighted by atomic mass is 16.2. The van der Waals surface area contributed by atoms with E-state index in [1.807, 2.05) is 44.2 Å². The number of carbonyl (C=O) groups is 3. The van der Waals surface area contributed by atoms with E-state index in [0.29, 0.717) is 19.5 Å². The summed E-state index contributed by atoms with van der Waals surface area (Å²) in [6.07, 6.45) is 5.01. The predicted octanol–water partition coefficient (Wildman–Crippen LogP) is 3.13. The number of carbonyl (C=O) groups excluding carboxylic acids is 3. The first-order chi connectivity index (χ1) is 14.4. The highest BCUT2D eigenvalue weighted by molar-refractivity contribution is 5.90. The molecule has 3 unspecified atom stereocenters. The van der Waals surface area contributed by atoms with Crippen LogP contribution in [-0.2, 0) is 9.59 Å². The molecule has 2 fully saturated rings. The Balaban J connectivity index is 1.50. The molecule has 3 N–H and O–H groups in total. The molecule has 0 spiro atoms. The number of likely N-dealkylation sites (tertiary alicyclic amines) is 1. The van der Waals surface area contributed by atoms with Crippen molar-refractivity contribution in [3.05, 3.63) is 30.3 Å². The van der Waals surface area contributed by atoms with Crippen LogP contribution in [-0.4, -0.2) is 47.9 Å². The van der Waals surface area contributed by atoms with Crippen LogP contribution in [0.2, 0.25) is 0 Å². The first-order valence-electron chi connectivity index (χ1n) is 11.1. The molecule has 30 heavy (non-hydrogen) atoms. The summed E-state index contributed by atoms with van der Waals surface area (Å²) in [5, 5.41) is 9.04. The number of benzene rings is 1. The van der Waals surface area contributed by atoms with Crippen molar-refractivity contribution >= 4 is 23.5 Å². The summed E-state index contributed by atoms with van der Waals surface area (Å²) in [6.45, 7) is 5.00. The van der Waals surface area contributed by atoms with E-state index in [9.17, 15) is 14.4 Å². The Morgan fingerprint density at radius 1 is 0.967 bits per heavy atom. The summed E-state index contributed by atoms with van der Waals surface area (Å²) in [5.74, 6) is -0.149. The van der Waals surface area contributed by atoms with Crippen molar-refractivity contribution in [1.82, 2.24) is 15.5 Å². The van der Waals surface area contributed by atoms with E-state index in [1.165, 1.54) is 0 Å². The number of rotatable bonds is 5. The molecule has 2 aliphatic rings. The molecule has 1 saturated heterocycles. The van der Waals surface area contributed by atoms with E-state index in [2.05, 4.69) is 16.0 Å². The summed E-state index contributed by atoms with van der Waals surface area (Å²) < 4.78 is 0. The Morgan fingerprint density at radius 2 is 1.70 bits per heavy atom. The third-order valence-electron chi connectivity index (χ3n) is 5.93. The lowest BCUT2D eigenvalue weighted by Crippen LogP contribution is -2.50. The van der Waals surface area contributed by atoms with Crippen LogP contribution in [0.1, 0.15) is 52.4 Å². The number of para-hydroxylation sites is 1.